The van der Waals surface area contributed by atoms with Gasteiger partial charge in [-0.2, -0.15) is 13.2 Å². The summed E-state index contributed by atoms with van der Waals surface area (Å²) in [4.78, 5) is 5.73. The molecule has 1 heterocycles. The largest absolute Gasteiger partial charge is 0.401 e. The molecule has 0 radical (unpaired) electrons. The van der Waals surface area contributed by atoms with E-state index in [1.54, 1.807) is 7.05 Å². The summed E-state index contributed by atoms with van der Waals surface area (Å²) in [6.45, 7) is 0.100. The van der Waals surface area contributed by atoms with Gasteiger partial charge in [0, 0.05) is 32.2 Å². The van der Waals surface area contributed by atoms with Gasteiger partial charge in [-0.15, -0.1) is 24.0 Å². The van der Waals surface area contributed by atoms with E-state index in [0.717, 1.165) is 24.2 Å². The minimum absolute atomic E-state index is 0. The van der Waals surface area contributed by atoms with Crippen LogP contribution in [0, 0.1) is 11.8 Å². The molecule has 146 valence electrons. The molecule has 3 rings (SSSR count). The van der Waals surface area contributed by atoms with E-state index in [4.69, 9.17) is 0 Å². The minimum Gasteiger partial charge on any atom is -0.353 e. The molecule has 3 fully saturated rings. The number of halogens is 4. The summed E-state index contributed by atoms with van der Waals surface area (Å²) in [6.07, 6.45) is 4.62. The molecule has 0 bridgehead atoms. The predicted molar refractivity (Wildman–Crippen MR) is 104 cm³/mol. The molecular weight excluding hydrogens is 444 g/mol. The van der Waals surface area contributed by atoms with Gasteiger partial charge in [0.1, 0.15) is 0 Å². The van der Waals surface area contributed by atoms with E-state index in [2.05, 4.69) is 15.6 Å². The van der Waals surface area contributed by atoms with Crippen LogP contribution in [0.3, 0.4) is 0 Å². The fourth-order valence-corrected chi connectivity index (χ4v) is 4.35. The zero-order valence-corrected chi connectivity index (χ0v) is 17.1. The van der Waals surface area contributed by atoms with Crippen molar-refractivity contribution in [3.05, 3.63) is 0 Å². The lowest BCUT2D eigenvalue weighted by molar-refractivity contribution is -0.143. The summed E-state index contributed by atoms with van der Waals surface area (Å²) < 4.78 is 37.4. The zero-order valence-electron chi connectivity index (χ0n) is 14.8. The van der Waals surface area contributed by atoms with Gasteiger partial charge >= 0.3 is 6.18 Å². The second kappa shape index (κ2) is 9.10. The van der Waals surface area contributed by atoms with Crippen molar-refractivity contribution in [2.45, 2.75) is 63.2 Å². The first-order chi connectivity index (χ1) is 11.4. The highest BCUT2D eigenvalue weighted by Crippen LogP contribution is 2.44. The topological polar surface area (TPSA) is 39.7 Å². The molecule has 2 N–H and O–H groups in total. The number of hydrogen-bond acceptors (Lipinski definition) is 2. The second-order valence-corrected chi connectivity index (χ2v) is 7.60. The molecule has 1 aliphatic heterocycles. The van der Waals surface area contributed by atoms with Gasteiger partial charge in [0.2, 0.25) is 0 Å². The molecule has 25 heavy (non-hydrogen) atoms. The van der Waals surface area contributed by atoms with E-state index in [1.165, 1.54) is 43.4 Å². The highest BCUT2D eigenvalue weighted by Gasteiger charge is 2.43. The minimum atomic E-state index is -4.12. The predicted octanol–water partition coefficient (Wildman–Crippen LogP) is 3.37. The Morgan fingerprint density at radius 1 is 1.12 bits per heavy atom. The molecule has 2 saturated carbocycles. The summed E-state index contributed by atoms with van der Waals surface area (Å²) in [5.74, 6) is 2.36. The van der Waals surface area contributed by atoms with Crippen LogP contribution in [0.2, 0.25) is 0 Å². The van der Waals surface area contributed by atoms with Gasteiger partial charge in [0.05, 0.1) is 6.54 Å². The molecule has 3 atom stereocenters. The number of nitrogens with zero attached hydrogens (tertiary/aromatic N) is 2. The van der Waals surface area contributed by atoms with Gasteiger partial charge in [0.15, 0.2) is 5.96 Å². The zero-order chi connectivity index (χ0) is 17.2. The maximum atomic E-state index is 12.5. The number of aliphatic imine (C=N–C) groups is 1. The molecule has 0 aromatic carbocycles. The summed E-state index contributed by atoms with van der Waals surface area (Å²) in [5.41, 5.74) is 0. The van der Waals surface area contributed by atoms with Crippen molar-refractivity contribution in [3.8, 4) is 0 Å². The van der Waals surface area contributed by atoms with E-state index < -0.39 is 12.7 Å². The van der Waals surface area contributed by atoms with E-state index in [1.807, 2.05) is 0 Å². The number of rotatable bonds is 4. The molecule has 0 amide bonds. The fourth-order valence-electron chi connectivity index (χ4n) is 4.35. The normalized spacial score (nSPS) is 31.5. The van der Waals surface area contributed by atoms with Gasteiger partial charge in [-0.3, -0.25) is 9.89 Å². The smallest absolute Gasteiger partial charge is 0.353 e. The lowest BCUT2D eigenvalue weighted by atomic mass is 9.85. The summed E-state index contributed by atoms with van der Waals surface area (Å²) in [7, 11) is 1.73. The van der Waals surface area contributed by atoms with Crippen LogP contribution in [-0.4, -0.2) is 55.8 Å². The molecule has 0 spiro atoms. The van der Waals surface area contributed by atoms with E-state index in [-0.39, 0.29) is 30.0 Å². The molecule has 2 aliphatic carbocycles. The Labute approximate surface area is 165 Å². The number of hydrogen-bond donors (Lipinski definition) is 2. The Kier molecular flexibility index (Phi) is 7.67. The van der Waals surface area contributed by atoms with Gasteiger partial charge in [-0.05, 0) is 24.7 Å². The van der Waals surface area contributed by atoms with Gasteiger partial charge in [-0.1, -0.05) is 32.1 Å². The average Bonchev–Trinajstić information content (AvgIpc) is 3.17. The van der Waals surface area contributed by atoms with Crippen LogP contribution in [0.1, 0.15) is 44.9 Å². The Morgan fingerprint density at radius 2 is 1.84 bits per heavy atom. The highest BCUT2D eigenvalue weighted by atomic mass is 127. The SMILES string of the molecule is CN=C(NC1CCN(CC(F)(F)F)C1)NC1CC1C1CCCCC1.I. The van der Waals surface area contributed by atoms with E-state index >= 15 is 0 Å². The monoisotopic (exact) mass is 474 g/mol. The highest BCUT2D eigenvalue weighted by molar-refractivity contribution is 14.0. The first-order valence-electron chi connectivity index (χ1n) is 9.23. The number of nitrogens with one attached hydrogen (secondary N) is 2. The van der Waals surface area contributed by atoms with Crippen molar-refractivity contribution >= 4 is 29.9 Å². The molecule has 3 unspecified atom stereocenters. The molecular formula is C17H30F3IN4. The third-order valence-electron chi connectivity index (χ3n) is 5.66. The Hall–Kier alpha value is -0.250. The van der Waals surface area contributed by atoms with Crippen molar-refractivity contribution in [3.63, 3.8) is 0 Å². The van der Waals surface area contributed by atoms with E-state index in [0.29, 0.717) is 19.1 Å². The van der Waals surface area contributed by atoms with Crippen molar-refractivity contribution in [2.75, 3.05) is 26.7 Å². The first kappa shape index (κ1) is 21.1. The quantitative estimate of drug-likeness (QED) is 0.373. The van der Waals surface area contributed by atoms with Crippen molar-refractivity contribution in [2.24, 2.45) is 16.8 Å². The van der Waals surface area contributed by atoms with Gasteiger partial charge in [0.25, 0.3) is 0 Å². The lowest BCUT2D eigenvalue weighted by Crippen LogP contribution is -2.46. The van der Waals surface area contributed by atoms with Crippen molar-refractivity contribution in [1.82, 2.24) is 15.5 Å². The first-order valence-corrected chi connectivity index (χ1v) is 9.23. The maximum absolute atomic E-state index is 12.5. The van der Waals surface area contributed by atoms with Crippen LogP contribution in [-0.2, 0) is 0 Å². The molecule has 8 heteroatoms. The van der Waals surface area contributed by atoms with Gasteiger partial charge in [-0.25, -0.2) is 0 Å². The van der Waals surface area contributed by atoms with Crippen LogP contribution in [0.25, 0.3) is 0 Å². The Morgan fingerprint density at radius 3 is 2.48 bits per heavy atom. The van der Waals surface area contributed by atoms with Crippen LogP contribution in [0.4, 0.5) is 13.2 Å². The van der Waals surface area contributed by atoms with Crippen LogP contribution < -0.4 is 10.6 Å². The molecule has 0 aromatic rings. The second-order valence-electron chi connectivity index (χ2n) is 7.60. The average molecular weight is 474 g/mol. The van der Waals surface area contributed by atoms with Crippen LogP contribution >= 0.6 is 24.0 Å². The fraction of sp³-hybridized carbons (Fsp3) is 0.941. The number of alkyl halides is 3. The molecule has 1 saturated heterocycles. The lowest BCUT2D eigenvalue weighted by Gasteiger charge is -2.23. The maximum Gasteiger partial charge on any atom is 0.401 e. The Balaban J connectivity index is 0.00000225. The summed E-state index contributed by atoms with van der Waals surface area (Å²) in [6, 6.07) is 0.539. The van der Waals surface area contributed by atoms with Crippen molar-refractivity contribution < 1.29 is 13.2 Å². The van der Waals surface area contributed by atoms with Gasteiger partial charge < -0.3 is 10.6 Å². The number of likely N-dealkylation sites (tertiary alicyclic amines) is 1. The third-order valence-corrected chi connectivity index (χ3v) is 5.66. The number of guanidine groups is 1. The van der Waals surface area contributed by atoms with Crippen LogP contribution in [0.15, 0.2) is 4.99 Å². The van der Waals surface area contributed by atoms with Crippen molar-refractivity contribution in [1.29, 1.82) is 0 Å². The summed E-state index contributed by atoms with van der Waals surface area (Å²) >= 11 is 0. The third kappa shape index (κ3) is 6.45. The summed E-state index contributed by atoms with van der Waals surface area (Å²) in [5, 5.41) is 6.78. The van der Waals surface area contributed by atoms with E-state index in [9.17, 15) is 13.2 Å². The Bertz CT molecular complexity index is 452. The molecule has 4 nitrogen and oxygen atoms in total. The standard InChI is InChI=1S/C17H29F3N4.HI/c1-21-16(22-13-7-8-24(10-13)11-17(18,19)20)23-15-9-14(15)12-5-3-2-4-6-12;/h12-15H,2-11H2,1H3,(H2,21,22,23);1H. The van der Waals surface area contributed by atoms with Crippen LogP contribution in [0.5, 0.6) is 0 Å². The molecule has 3 aliphatic rings. The molecule has 0 aromatic heterocycles.